The number of benzene rings is 1. The third-order valence-corrected chi connectivity index (χ3v) is 3.92. The van der Waals surface area contributed by atoms with Gasteiger partial charge in [-0.1, -0.05) is 15.9 Å². The lowest BCUT2D eigenvalue weighted by molar-refractivity contribution is -0.133. The minimum absolute atomic E-state index is 0.150. The summed E-state index contributed by atoms with van der Waals surface area (Å²) >= 11 is 3.36. The van der Waals surface area contributed by atoms with Crippen molar-refractivity contribution in [2.45, 2.75) is 25.9 Å². The number of aromatic nitrogens is 2. The van der Waals surface area contributed by atoms with Gasteiger partial charge in [-0.3, -0.25) is 9.89 Å². The van der Waals surface area contributed by atoms with Crippen molar-refractivity contribution in [3.63, 3.8) is 0 Å². The monoisotopic (exact) mass is 366 g/mol. The number of nitrogens with two attached hydrogens (primary N) is 1. The Morgan fingerprint density at radius 2 is 2.32 bits per heavy atom. The molecule has 2 rings (SSSR count). The first-order chi connectivity index (χ1) is 10.5. The van der Waals surface area contributed by atoms with Crippen LogP contribution in [0, 0.1) is 0 Å². The van der Waals surface area contributed by atoms with E-state index in [-0.39, 0.29) is 11.7 Å². The zero-order valence-corrected chi connectivity index (χ0v) is 13.9. The zero-order valence-electron chi connectivity index (χ0n) is 12.3. The van der Waals surface area contributed by atoms with Crippen LogP contribution in [-0.2, 0) is 17.8 Å². The largest absolute Gasteiger partial charge is 0.508 e. The van der Waals surface area contributed by atoms with Crippen LogP contribution in [0.4, 0.5) is 0 Å². The molecule has 0 saturated heterocycles. The molecule has 6 nitrogen and oxygen atoms in total. The number of carbonyl (C=O) groups is 1. The van der Waals surface area contributed by atoms with Crippen LogP contribution < -0.4 is 5.73 Å². The molecule has 0 aliphatic rings. The zero-order chi connectivity index (χ0) is 16.1. The molecule has 1 atom stereocenters. The van der Waals surface area contributed by atoms with E-state index in [2.05, 4.69) is 26.1 Å². The van der Waals surface area contributed by atoms with Crippen LogP contribution in [0.25, 0.3) is 0 Å². The Labute approximate surface area is 137 Å². The average molecular weight is 367 g/mol. The molecule has 0 saturated carbocycles. The molecule has 7 heteroatoms. The fourth-order valence-electron chi connectivity index (χ4n) is 2.20. The molecular weight excluding hydrogens is 348 g/mol. The van der Waals surface area contributed by atoms with Gasteiger partial charge in [-0.05, 0) is 37.1 Å². The Morgan fingerprint density at radius 3 is 2.95 bits per heavy atom. The number of phenols is 1. The second kappa shape index (κ2) is 7.42. The highest BCUT2D eigenvalue weighted by atomic mass is 79.9. The Kier molecular flexibility index (Phi) is 5.57. The molecule has 0 bridgehead atoms. The van der Waals surface area contributed by atoms with E-state index < -0.39 is 6.04 Å². The van der Waals surface area contributed by atoms with Crippen LogP contribution >= 0.6 is 15.9 Å². The van der Waals surface area contributed by atoms with Gasteiger partial charge in [-0.15, -0.1) is 0 Å². The second-order valence-corrected chi connectivity index (χ2v) is 5.96. The molecular formula is C15H19BrN4O2. The molecule has 0 spiro atoms. The van der Waals surface area contributed by atoms with Gasteiger partial charge in [0, 0.05) is 29.3 Å². The van der Waals surface area contributed by atoms with Gasteiger partial charge in [0.15, 0.2) is 0 Å². The first-order valence-electron chi connectivity index (χ1n) is 7.00. The van der Waals surface area contributed by atoms with Crippen molar-refractivity contribution >= 4 is 21.8 Å². The molecule has 1 aromatic carbocycles. The number of rotatable bonds is 6. The van der Waals surface area contributed by atoms with Crippen LogP contribution in [0.3, 0.4) is 0 Å². The number of phenolic OH excluding ortho intramolecular Hbond substituents is 1. The smallest absolute Gasteiger partial charge is 0.240 e. The number of halogens is 1. The number of aromatic hydroxyl groups is 1. The van der Waals surface area contributed by atoms with Crippen molar-refractivity contribution in [3.05, 3.63) is 46.2 Å². The van der Waals surface area contributed by atoms with Gasteiger partial charge in [-0.2, -0.15) is 5.10 Å². The first-order valence-corrected chi connectivity index (χ1v) is 7.80. The third kappa shape index (κ3) is 4.08. The molecule has 0 fully saturated rings. The summed E-state index contributed by atoms with van der Waals surface area (Å²) in [4.78, 5) is 14.1. The Bertz CT molecular complexity index is 630. The first kappa shape index (κ1) is 16.5. The summed E-state index contributed by atoms with van der Waals surface area (Å²) in [6.07, 6.45) is 3.81. The van der Waals surface area contributed by atoms with Crippen molar-refractivity contribution in [3.8, 4) is 5.75 Å². The summed E-state index contributed by atoms with van der Waals surface area (Å²) in [5.41, 5.74) is 7.57. The van der Waals surface area contributed by atoms with Gasteiger partial charge in [0.1, 0.15) is 5.75 Å². The second-order valence-electron chi connectivity index (χ2n) is 5.04. The summed E-state index contributed by atoms with van der Waals surface area (Å²) in [6, 6.07) is 4.52. The molecule has 0 radical (unpaired) electrons. The summed E-state index contributed by atoms with van der Waals surface area (Å²) in [6.45, 7) is 2.72. The molecule has 118 valence electrons. The normalized spacial score (nSPS) is 12.1. The Hall–Kier alpha value is -1.86. The number of nitrogens with one attached hydrogen (secondary N) is 1. The van der Waals surface area contributed by atoms with Crippen molar-refractivity contribution in [2.75, 3.05) is 6.54 Å². The highest BCUT2D eigenvalue weighted by Gasteiger charge is 2.21. The van der Waals surface area contributed by atoms with E-state index in [4.69, 9.17) is 5.73 Å². The summed E-state index contributed by atoms with van der Waals surface area (Å²) in [5.74, 6) is 0.0148. The SMILES string of the molecule is CCN(Cc1cc(Br)ccc1O)C(=O)C(N)Cc1cn[nH]c1. The fraction of sp³-hybridized carbons (Fsp3) is 0.333. The Morgan fingerprint density at radius 1 is 1.55 bits per heavy atom. The number of carbonyl (C=O) groups excluding carboxylic acids is 1. The average Bonchev–Trinajstić information content (AvgIpc) is 3.00. The highest BCUT2D eigenvalue weighted by molar-refractivity contribution is 9.10. The summed E-state index contributed by atoms with van der Waals surface area (Å²) in [5, 5.41) is 16.5. The number of likely N-dealkylation sites (N-methyl/N-ethyl adjacent to an activating group) is 1. The van der Waals surface area contributed by atoms with Crippen LogP contribution in [0.2, 0.25) is 0 Å². The predicted molar refractivity (Wildman–Crippen MR) is 87.2 cm³/mol. The number of hydrogen-bond acceptors (Lipinski definition) is 4. The number of H-pyrrole nitrogens is 1. The van der Waals surface area contributed by atoms with Crippen molar-refractivity contribution in [1.82, 2.24) is 15.1 Å². The highest BCUT2D eigenvalue weighted by Crippen LogP contribution is 2.23. The van der Waals surface area contributed by atoms with Crippen LogP contribution in [0.5, 0.6) is 5.75 Å². The maximum atomic E-state index is 12.5. The molecule has 1 amide bonds. The van der Waals surface area contributed by atoms with Crippen LogP contribution in [-0.4, -0.2) is 38.7 Å². The third-order valence-electron chi connectivity index (χ3n) is 3.42. The lowest BCUT2D eigenvalue weighted by Crippen LogP contribution is -2.44. The lowest BCUT2D eigenvalue weighted by Gasteiger charge is -2.24. The summed E-state index contributed by atoms with van der Waals surface area (Å²) < 4.78 is 0.853. The fourth-order valence-corrected chi connectivity index (χ4v) is 2.61. The topological polar surface area (TPSA) is 95.2 Å². The van der Waals surface area contributed by atoms with Crippen LogP contribution in [0.15, 0.2) is 35.1 Å². The standard InChI is InChI=1S/C15H19BrN4O2/c1-2-20(9-11-6-12(16)3-4-14(11)21)15(22)13(17)5-10-7-18-19-8-10/h3-4,6-8,13,21H,2,5,9,17H2,1H3,(H,18,19). The van der Waals surface area contributed by atoms with Gasteiger partial charge in [0.2, 0.25) is 5.91 Å². The van der Waals surface area contributed by atoms with E-state index in [1.807, 2.05) is 6.92 Å². The van der Waals surface area contributed by atoms with E-state index in [0.29, 0.717) is 25.1 Å². The molecule has 22 heavy (non-hydrogen) atoms. The van der Waals surface area contributed by atoms with Gasteiger partial charge in [-0.25, -0.2) is 0 Å². The quantitative estimate of drug-likeness (QED) is 0.726. The maximum Gasteiger partial charge on any atom is 0.240 e. The number of aromatic amines is 1. The van der Waals surface area contributed by atoms with E-state index >= 15 is 0 Å². The van der Waals surface area contributed by atoms with Gasteiger partial charge in [0.25, 0.3) is 0 Å². The molecule has 1 aromatic heterocycles. The molecule has 4 N–H and O–H groups in total. The number of hydrogen-bond donors (Lipinski definition) is 3. The molecule has 0 aliphatic carbocycles. The van der Waals surface area contributed by atoms with E-state index in [0.717, 1.165) is 10.0 Å². The lowest BCUT2D eigenvalue weighted by atomic mass is 10.1. The summed E-state index contributed by atoms with van der Waals surface area (Å²) in [7, 11) is 0. The molecule has 0 aliphatic heterocycles. The maximum absolute atomic E-state index is 12.5. The van der Waals surface area contributed by atoms with Gasteiger partial charge < -0.3 is 15.7 Å². The van der Waals surface area contributed by atoms with Crippen LogP contribution in [0.1, 0.15) is 18.1 Å². The van der Waals surface area contributed by atoms with Gasteiger partial charge in [0.05, 0.1) is 12.2 Å². The predicted octanol–water partition coefficient (Wildman–Crippen LogP) is 1.80. The van der Waals surface area contributed by atoms with E-state index in [9.17, 15) is 9.90 Å². The van der Waals surface area contributed by atoms with Crippen molar-refractivity contribution in [1.29, 1.82) is 0 Å². The van der Waals surface area contributed by atoms with Crippen molar-refractivity contribution in [2.24, 2.45) is 5.73 Å². The van der Waals surface area contributed by atoms with Gasteiger partial charge >= 0.3 is 0 Å². The molecule has 1 unspecified atom stereocenters. The minimum Gasteiger partial charge on any atom is -0.508 e. The minimum atomic E-state index is -0.633. The molecule has 2 aromatic rings. The number of nitrogens with zero attached hydrogens (tertiary/aromatic N) is 2. The van der Waals surface area contributed by atoms with Crippen molar-refractivity contribution < 1.29 is 9.90 Å². The Balaban J connectivity index is 2.06. The molecule has 1 heterocycles. The number of amides is 1. The van der Waals surface area contributed by atoms with E-state index in [1.54, 1.807) is 35.5 Å². The van der Waals surface area contributed by atoms with E-state index in [1.165, 1.54) is 0 Å².